The fourth-order valence-electron chi connectivity index (χ4n) is 5.26. The monoisotopic (exact) mass is 559 g/mol. The zero-order valence-corrected chi connectivity index (χ0v) is 23.6. The van der Waals surface area contributed by atoms with Crippen LogP contribution >= 0.6 is 23.8 Å². The first kappa shape index (κ1) is 26.7. The molecule has 3 heterocycles. The molecular formula is C30H30ClN5O2S. The first-order valence-corrected chi connectivity index (χ1v) is 13.5. The second-order valence-corrected chi connectivity index (χ2v) is 10.2. The molecule has 5 rings (SSSR count). The number of methoxy groups -OCH3 is 1. The average molecular weight is 560 g/mol. The third-order valence-corrected chi connectivity index (χ3v) is 7.71. The lowest BCUT2D eigenvalue weighted by Crippen LogP contribution is -2.33. The summed E-state index contributed by atoms with van der Waals surface area (Å²) in [4.78, 5) is 19.7. The van der Waals surface area contributed by atoms with Gasteiger partial charge in [-0.05, 0) is 74.1 Å². The molecule has 1 amide bonds. The summed E-state index contributed by atoms with van der Waals surface area (Å²) in [6.07, 6.45) is 2.03. The lowest BCUT2D eigenvalue weighted by Gasteiger charge is -2.28. The number of aryl methyl sites for hydroxylation is 1. The van der Waals surface area contributed by atoms with Crippen LogP contribution in [0.4, 0.5) is 5.69 Å². The Hall–Kier alpha value is -3.88. The van der Waals surface area contributed by atoms with Crippen LogP contribution in [0, 0.1) is 13.8 Å². The molecule has 200 valence electrons. The lowest BCUT2D eigenvalue weighted by atomic mass is 9.96. The Kier molecular flexibility index (Phi) is 7.86. The molecule has 0 bridgehead atoms. The standard InChI is InChI=1S/C30H30ClN5O2S/c1-19-18-21(20(2)36(19)25-13-6-4-10-22(25)31)29-28(24-12-8-9-16-32-24)34-30(39)35(29)17-15-27(37)33-23-11-5-7-14-26(23)38-3/h4-14,16,18,28-29H,15,17H2,1-3H3,(H,33,37)(H,34,39)/t28-,29+/m0/s1. The van der Waals surface area contributed by atoms with Gasteiger partial charge in [-0.25, -0.2) is 0 Å². The average Bonchev–Trinajstić information content (AvgIpc) is 3.42. The van der Waals surface area contributed by atoms with Crippen molar-refractivity contribution in [1.29, 1.82) is 0 Å². The van der Waals surface area contributed by atoms with E-state index in [2.05, 4.69) is 45.0 Å². The van der Waals surface area contributed by atoms with Crippen molar-refractivity contribution < 1.29 is 9.53 Å². The Morgan fingerprint density at radius 2 is 1.85 bits per heavy atom. The first-order chi connectivity index (χ1) is 18.9. The van der Waals surface area contributed by atoms with Crippen LogP contribution in [-0.4, -0.2) is 39.1 Å². The third kappa shape index (κ3) is 5.35. The van der Waals surface area contributed by atoms with Gasteiger partial charge in [-0.15, -0.1) is 0 Å². The molecule has 0 saturated carbocycles. The van der Waals surface area contributed by atoms with E-state index in [4.69, 9.17) is 28.6 Å². The van der Waals surface area contributed by atoms with E-state index in [0.717, 1.165) is 28.3 Å². The van der Waals surface area contributed by atoms with Crippen molar-refractivity contribution in [3.63, 3.8) is 0 Å². The number of hydrogen-bond acceptors (Lipinski definition) is 4. The number of hydrogen-bond donors (Lipinski definition) is 2. The van der Waals surface area contributed by atoms with Gasteiger partial charge in [0.2, 0.25) is 5.91 Å². The molecule has 1 saturated heterocycles. The fraction of sp³-hybridized carbons (Fsp3) is 0.233. The van der Waals surface area contributed by atoms with Gasteiger partial charge in [-0.1, -0.05) is 41.9 Å². The maximum Gasteiger partial charge on any atom is 0.226 e. The van der Waals surface area contributed by atoms with Crippen molar-refractivity contribution in [2.45, 2.75) is 32.4 Å². The van der Waals surface area contributed by atoms with Crippen molar-refractivity contribution in [2.24, 2.45) is 0 Å². The Balaban J connectivity index is 1.47. The van der Waals surface area contributed by atoms with E-state index in [0.29, 0.717) is 28.1 Å². The second kappa shape index (κ2) is 11.5. The Morgan fingerprint density at radius 3 is 2.59 bits per heavy atom. The number of benzene rings is 2. The molecule has 0 unspecified atom stereocenters. The zero-order chi connectivity index (χ0) is 27.5. The highest BCUT2D eigenvalue weighted by atomic mass is 35.5. The summed E-state index contributed by atoms with van der Waals surface area (Å²) in [7, 11) is 1.58. The number of carbonyl (C=O) groups excluding carboxylic acids is 1. The van der Waals surface area contributed by atoms with E-state index in [9.17, 15) is 4.79 Å². The first-order valence-electron chi connectivity index (χ1n) is 12.7. The van der Waals surface area contributed by atoms with Gasteiger partial charge in [0.25, 0.3) is 0 Å². The van der Waals surface area contributed by atoms with Gasteiger partial charge >= 0.3 is 0 Å². The predicted octanol–water partition coefficient (Wildman–Crippen LogP) is 6.15. The Labute approximate surface area is 238 Å². The highest BCUT2D eigenvalue weighted by Crippen LogP contribution is 2.42. The van der Waals surface area contributed by atoms with Gasteiger partial charge in [0, 0.05) is 30.6 Å². The second-order valence-electron chi connectivity index (χ2n) is 9.43. The molecule has 0 spiro atoms. The summed E-state index contributed by atoms with van der Waals surface area (Å²) in [5, 5.41) is 7.70. The number of amides is 1. The fourth-order valence-corrected chi connectivity index (χ4v) is 5.81. The smallest absolute Gasteiger partial charge is 0.226 e. The number of ether oxygens (including phenoxy) is 1. The molecule has 4 aromatic rings. The van der Waals surface area contributed by atoms with E-state index < -0.39 is 0 Å². The van der Waals surface area contributed by atoms with Crippen LogP contribution in [0.3, 0.4) is 0 Å². The van der Waals surface area contributed by atoms with Gasteiger partial charge in [0.05, 0.1) is 41.3 Å². The number of carbonyl (C=O) groups is 1. The molecule has 7 nitrogen and oxygen atoms in total. The number of aromatic nitrogens is 2. The summed E-state index contributed by atoms with van der Waals surface area (Å²) >= 11 is 12.4. The molecule has 2 N–H and O–H groups in total. The largest absolute Gasteiger partial charge is 0.495 e. The van der Waals surface area contributed by atoms with Gasteiger partial charge in [-0.3, -0.25) is 9.78 Å². The van der Waals surface area contributed by atoms with Crippen LogP contribution < -0.4 is 15.4 Å². The minimum absolute atomic E-state index is 0.121. The van der Waals surface area contributed by atoms with Gasteiger partial charge in [0.15, 0.2) is 5.11 Å². The third-order valence-electron chi connectivity index (χ3n) is 7.04. The molecule has 1 aliphatic heterocycles. The predicted molar refractivity (Wildman–Crippen MR) is 159 cm³/mol. The Bertz CT molecular complexity index is 1510. The zero-order valence-electron chi connectivity index (χ0n) is 22.0. The number of nitrogens with zero attached hydrogens (tertiary/aromatic N) is 3. The SMILES string of the molecule is COc1ccccc1NC(=O)CCN1C(=S)N[C@@H](c2ccccn2)[C@H]1c1cc(C)n(-c2ccccc2Cl)c1C. The molecule has 2 aromatic heterocycles. The lowest BCUT2D eigenvalue weighted by molar-refractivity contribution is -0.116. The van der Waals surface area contributed by atoms with Crippen LogP contribution in [0.2, 0.25) is 5.02 Å². The van der Waals surface area contributed by atoms with Crippen molar-refractivity contribution in [1.82, 2.24) is 19.8 Å². The molecule has 0 radical (unpaired) electrons. The number of thiocarbonyl (C=S) groups is 1. The molecule has 1 aliphatic rings. The summed E-state index contributed by atoms with van der Waals surface area (Å²) < 4.78 is 7.54. The molecule has 1 fully saturated rings. The quantitative estimate of drug-likeness (QED) is 0.252. The van der Waals surface area contributed by atoms with Crippen LogP contribution in [0.15, 0.2) is 79.0 Å². The van der Waals surface area contributed by atoms with Crippen molar-refractivity contribution in [3.8, 4) is 11.4 Å². The Morgan fingerprint density at radius 1 is 1.10 bits per heavy atom. The van der Waals surface area contributed by atoms with E-state index in [1.165, 1.54) is 0 Å². The maximum absolute atomic E-state index is 13.0. The van der Waals surface area contributed by atoms with Crippen LogP contribution in [0.25, 0.3) is 5.69 Å². The molecule has 0 aliphatic carbocycles. The van der Waals surface area contributed by atoms with Crippen LogP contribution in [0.1, 0.15) is 41.1 Å². The normalized spacial score (nSPS) is 16.7. The minimum atomic E-state index is -0.184. The highest BCUT2D eigenvalue weighted by molar-refractivity contribution is 7.80. The molecule has 2 aromatic carbocycles. The summed E-state index contributed by atoms with van der Waals surface area (Å²) in [5.74, 6) is 0.494. The molecule has 39 heavy (non-hydrogen) atoms. The minimum Gasteiger partial charge on any atom is -0.495 e. The molecule has 9 heteroatoms. The number of rotatable bonds is 8. The number of nitrogens with one attached hydrogen (secondary N) is 2. The van der Waals surface area contributed by atoms with Crippen molar-refractivity contribution in [2.75, 3.05) is 19.0 Å². The highest BCUT2D eigenvalue weighted by Gasteiger charge is 2.41. The summed E-state index contributed by atoms with van der Waals surface area (Å²) in [5.41, 5.74) is 5.65. The number of para-hydroxylation sites is 3. The maximum atomic E-state index is 13.0. The summed E-state index contributed by atoms with van der Waals surface area (Å²) in [6, 6.07) is 22.9. The molecule has 2 atom stereocenters. The van der Waals surface area contributed by atoms with Gasteiger partial charge in [-0.2, -0.15) is 0 Å². The topological polar surface area (TPSA) is 71.4 Å². The van der Waals surface area contributed by atoms with Crippen LogP contribution in [0.5, 0.6) is 5.75 Å². The number of halogens is 1. The molecular weight excluding hydrogens is 530 g/mol. The van der Waals surface area contributed by atoms with E-state index in [-0.39, 0.29) is 24.4 Å². The van der Waals surface area contributed by atoms with Crippen molar-refractivity contribution in [3.05, 3.63) is 107 Å². The number of pyridine rings is 1. The van der Waals surface area contributed by atoms with Crippen LogP contribution in [-0.2, 0) is 4.79 Å². The van der Waals surface area contributed by atoms with E-state index in [1.807, 2.05) is 66.7 Å². The van der Waals surface area contributed by atoms with Crippen molar-refractivity contribution >= 4 is 40.5 Å². The van der Waals surface area contributed by atoms with Gasteiger partial charge < -0.3 is 24.8 Å². The number of anilines is 1. The summed E-state index contributed by atoms with van der Waals surface area (Å²) in [6.45, 7) is 4.59. The van der Waals surface area contributed by atoms with E-state index in [1.54, 1.807) is 13.3 Å². The van der Waals surface area contributed by atoms with E-state index >= 15 is 0 Å². The van der Waals surface area contributed by atoms with Gasteiger partial charge in [0.1, 0.15) is 5.75 Å².